The molecule has 1 amide bonds. The van der Waals surface area contributed by atoms with E-state index in [1.165, 1.54) is 5.56 Å². The fraction of sp³-hybridized carbons (Fsp3) is 0.632. The average Bonchev–Trinajstić information content (AvgIpc) is 3.03. The molecule has 2 heterocycles. The van der Waals surface area contributed by atoms with Crippen LogP contribution in [0.25, 0.3) is 0 Å². The first-order chi connectivity index (χ1) is 12.8. The van der Waals surface area contributed by atoms with Crippen molar-refractivity contribution >= 4 is 15.7 Å². The van der Waals surface area contributed by atoms with Gasteiger partial charge in [0.25, 0.3) is 0 Å². The third-order valence-corrected chi connectivity index (χ3v) is 7.33. The van der Waals surface area contributed by atoms with Gasteiger partial charge in [-0.25, -0.2) is 8.42 Å². The quantitative estimate of drug-likeness (QED) is 0.717. The van der Waals surface area contributed by atoms with Gasteiger partial charge in [-0.2, -0.15) is 0 Å². The summed E-state index contributed by atoms with van der Waals surface area (Å²) in [6.07, 6.45) is 1.85. The van der Waals surface area contributed by atoms with Gasteiger partial charge >= 0.3 is 0 Å². The number of carbonyl (C=O) groups excluding carboxylic acids is 1. The van der Waals surface area contributed by atoms with E-state index in [-0.39, 0.29) is 23.5 Å². The zero-order valence-corrected chi connectivity index (χ0v) is 17.0. The lowest BCUT2D eigenvalue weighted by molar-refractivity contribution is -0.132. The molecule has 150 valence electrons. The van der Waals surface area contributed by atoms with Gasteiger partial charge < -0.3 is 19.3 Å². The second kappa shape index (κ2) is 8.06. The molecule has 7 nitrogen and oxygen atoms in total. The predicted octanol–water partition coefficient (Wildman–Crippen LogP) is 1.10. The third-order valence-electron chi connectivity index (χ3n) is 5.58. The highest BCUT2D eigenvalue weighted by Crippen LogP contribution is 2.33. The Bertz CT molecular complexity index is 809. The Morgan fingerprint density at radius 2 is 1.89 bits per heavy atom. The minimum absolute atomic E-state index is 0.0293. The van der Waals surface area contributed by atoms with Gasteiger partial charge in [-0.15, -0.1) is 0 Å². The fourth-order valence-electron chi connectivity index (χ4n) is 3.83. The van der Waals surface area contributed by atoms with Gasteiger partial charge in [0.15, 0.2) is 21.3 Å². The molecule has 1 aromatic carbocycles. The van der Waals surface area contributed by atoms with Gasteiger partial charge in [-0.05, 0) is 43.1 Å². The number of methoxy groups -OCH3 is 2. The molecule has 0 N–H and O–H groups in total. The number of sulfone groups is 1. The van der Waals surface area contributed by atoms with Crippen molar-refractivity contribution < 1.29 is 22.7 Å². The summed E-state index contributed by atoms with van der Waals surface area (Å²) in [7, 11) is 2.23. The maximum absolute atomic E-state index is 12.7. The van der Waals surface area contributed by atoms with Crippen LogP contribution in [0, 0.1) is 0 Å². The molecular weight excluding hydrogens is 368 g/mol. The van der Waals surface area contributed by atoms with Crippen molar-refractivity contribution in [2.45, 2.75) is 31.8 Å². The van der Waals surface area contributed by atoms with E-state index in [0.29, 0.717) is 44.0 Å². The molecule has 0 aromatic heterocycles. The van der Waals surface area contributed by atoms with Crippen LogP contribution >= 0.6 is 0 Å². The lowest BCUT2D eigenvalue weighted by atomic mass is 9.98. The molecule has 0 bridgehead atoms. The Kier molecular flexibility index (Phi) is 5.95. The van der Waals surface area contributed by atoms with E-state index in [4.69, 9.17) is 9.47 Å². The standard InChI is InChI=1S/C19H28N2O5S/c1-20(16-6-9-27(23,24)13-16)7-5-19(22)21-8-4-14-10-17(25-2)18(26-3)11-15(14)12-21/h10-11,16H,4-9,12-13H2,1-3H3. The number of hydrogen-bond acceptors (Lipinski definition) is 6. The molecule has 1 fully saturated rings. The Balaban J connectivity index is 1.57. The van der Waals surface area contributed by atoms with Crippen molar-refractivity contribution in [3.05, 3.63) is 23.3 Å². The minimum atomic E-state index is -2.90. The monoisotopic (exact) mass is 396 g/mol. The van der Waals surface area contributed by atoms with Gasteiger partial charge in [0.1, 0.15) is 0 Å². The Morgan fingerprint density at radius 3 is 2.48 bits per heavy atom. The van der Waals surface area contributed by atoms with Crippen molar-refractivity contribution in [3.8, 4) is 11.5 Å². The highest BCUT2D eigenvalue weighted by Gasteiger charge is 2.31. The van der Waals surface area contributed by atoms with E-state index in [2.05, 4.69) is 0 Å². The second-order valence-electron chi connectivity index (χ2n) is 7.33. The van der Waals surface area contributed by atoms with Crippen LogP contribution in [0.4, 0.5) is 0 Å². The zero-order valence-electron chi connectivity index (χ0n) is 16.2. The van der Waals surface area contributed by atoms with Crippen molar-refractivity contribution in [3.63, 3.8) is 0 Å². The van der Waals surface area contributed by atoms with E-state index in [1.54, 1.807) is 14.2 Å². The first-order valence-corrected chi connectivity index (χ1v) is 11.1. The van der Waals surface area contributed by atoms with E-state index in [0.717, 1.165) is 12.0 Å². The number of amides is 1. The number of hydrogen-bond donors (Lipinski definition) is 0. The average molecular weight is 397 g/mol. The van der Waals surface area contributed by atoms with Crippen molar-refractivity contribution in [1.29, 1.82) is 0 Å². The molecule has 0 radical (unpaired) electrons. The van der Waals surface area contributed by atoms with Gasteiger partial charge in [-0.1, -0.05) is 0 Å². The van der Waals surface area contributed by atoms with Gasteiger partial charge in [0.05, 0.1) is 25.7 Å². The molecule has 2 aliphatic rings. The van der Waals surface area contributed by atoms with Gasteiger partial charge in [0, 0.05) is 32.1 Å². The molecule has 3 rings (SSSR count). The normalized spacial score (nSPS) is 21.2. The topological polar surface area (TPSA) is 76.2 Å². The summed E-state index contributed by atoms with van der Waals surface area (Å²) in [5.41, 5.74) is 2.27. The molecule has 1 unspecified atom stereocenters. The highest BCUT2D eigenvalue weighted by molar-refractivity contribution is 7.91. The molecule has 1 saturated heterocycles. The third kappa shape index (κ3) is 4.55. The first kappa shape index (κ1) is 19.9. The minimum Gasteiger partial charge on any atom is -0.493 e. The SMILES string of the molecule is COc1cc2c(cc1OC)CN(C(=O)CCN(C)C1CCS(=O)(=O)C1)CC2. The predicted molar refractivity (Wildman–Crippen MR) is 103 cm³/mol. The molecular formula is C19H28N2O5S. The van der Waals surface area contributed by atoms with Crippen LogP contribution < -0.4 is 9.47 Å². The molecule has 27 heavy (non-hydrogen) atoms. The number of ether oxygens (including phenoxy) is 2. The van der Waals surface area contributed by atoms with E-state index in [9.17, 15) is 13.2 Å². The van der Waals surface area contributed by atoms with Gasteiger partial charge in [-0.3, -0.25) is 4.79 Å². The summed E-state index contributed by atoms with van der Waals surface area (Å²) in [6.45, 7) is 1.83. The maximum Gasteiger partial charge on any atom is 0.224 e. The van der Waals surface area contributed by atoms with E-state index < -0.39 is 9.84 Å². The maximum atomic E-state index is 12.7. The summed E-state index contributed by atoms with van der Waals surface area (Å²) < 4.78 is 34.0. The molecule has 0 saturated carbocycles. The summed E-state index contributed by atoms with van der Waals surface area (Å²) in [5, 5.41) is 0. The van der Waals surface area contributed by atoms with Crippen molar-refractivity contribution in [2.24, 2.45) is 0 Å². The highest BCUT2D eigenvalue weighted by atomic mass is 32.2. The Morgan fingerprint density at radius 1 is 1.22 bits per heavy atom. The molecule has 1 aromatic rings. The van der Waals surface area contributed by atoms with Crippen LogP contribution in [0.15, 0.2) is 12.1 Å². The number of nitrogens with zero attached hydrogens (tertiary/aromatic N) is 2. The van der Waals surface area contributed by atoms with Crippen LogP contribution in [0.5, 0.6) is 11.5 Å². The summed E-state index contributed by atoms with van der Waals surface area (Å²) in [6, 6.07) is 3.97. The van der Waals surface area contributed by atoms with Gasteiger partial charge in [0.2, 0.25) is 5.91 Å². The molecule has 0 aliphatic carbocycles. The van der Waals surface area contributed by atoms with Crippen LogP contribution in [0.1, 0.15) is 24.0 Å². The largest absolute Gasteiger partial charge is 0.493 e. The van der Waals surface area contributed by atoms with E-state index in [1.807, 2.05) is 29.0 Å². The Labute approximate surface area is 161 Å². The zero-order chi connectivity index (χ0) is 19.6. The van der Waals surface area contributed by atoms with E-state index >= 15 is 0 Å². The smallest absolute Gasteiger partial charge is 0.224 e. The first-order valence-electron chi connectivity index (χ1n) is 9.25. The number of rotatable bonds is 6. The number of benzene rings is 1. The van der Waals surface area contributed by atoms with Crippen LogP contribution in [0.3, 0.4) is 0 Å². The summed E-state index contributed by atoms with van der Waals surface area (Å²) in [5.74, 6) is 1.95. The van der Waals surface area contributed by atoms with Crippen LogP contribution in [0.2, 0.25) is 0 Å². The Hall–Kier alpha value is -1.80. The summed E-state index contributed by atoms with van der Waals surface area (Å²) >= 11 is 0. The second-order valence-corrected chi connectivity index (χ2v) is 9.56. The molecule has 1 atom stereocenters. The summed E-state index contributed by atoms with van der Waals surface area (Å²) in [4.78, 5) is 16.5. The number of fused-ring (bicyclic) bond motifs is 1. The molecule has 8 heteroatoms. The lowest BCUT2D eigenvalue weighted by Crippen LogP contribution is -2.39. The van der Waals surface area contributed by atoms with Crippen LogP contribution in [-0.2, 0) is 27.6 Å². The van der Waals surface area contributed by atoms with Crippen molar-refractivity contribution in [2.75, 3.05) is 45.9 Å². The van der Waals surface area contributed by atoms with Crippen LogP contribution in [-0.4, -0.2) is 76.0 Å². The molecule has 0 spiro atoms. The lowest BCUT2D eigenvalue weighted by Gasteiger charge is -2.31. The number of carbonyl (C=O) groups is 1. The van der Waals surface area contributed by atoms with Crippen molar-refractivity contribution in [1.82, 2.24) is 9.80 Å². The fourth-order valence-corrected chi connectivity index (χ4v) is 5.64. The molecule has 2 aliphatic heterocycles.